The van der Waals surface area contributed by atoms with Gasteiger partial charge in [0.1, 0.15) is 0 Å². The van der Waals surface area contributed by atoms with Crippen LogP contribution in [0.2, 0.25) is 0 Å². The number of aromatic nitrogens is 1. The molecule has 0 bridgehead atoms. The largest absolute Gasteiger partial charge is 0.357 e. The Kier molecular flexibility index (Phi) is 10.6. The minimum Gasteiger partial charge on any atom is -0.357 e. The Balaban J connectivity index is 0.00000400. The van der Waals surface area contributed by atoms with Crippen molar-refractivity contribution >= 4 is 29.9 Å². The second-order valence-corrected chi connectivity index (χ2v) is 5.74. The van der Waals surface area contributed by atoms with Crippen molar-refractivity contribution in [2.45, 2.75) is 40.2 Å². The van der Waals surface area contributed by atoms with Gasteiger partial charge in [0.15, 0.2) is 5.96 Å². The third-order valence-electron chi connectivity index (χ3n) is 3.35. The van der Waals surface area contributed by atoms with Gasteiger partial charge in [0.25, 0.3) is 0 Å². The lowest BCUT2D eigenvalue weighted by atomic mass is 10.1. The molecule has 1 aromatic heterocycles. The highest BCUT2D eigenvalue weighted by atomic mass is 127. The number of aryl methyl sites for hydroxylation is 1. The molecule has 0 atom stereocenters. The first kappa shape index (κ1) is 20.3. The van der Waals surface area contributed by atoms with Crippen molar-refractivity contribution in [2.75, 3.05) is 20.1 Å². The predicted molar refractivity (Wildman–Crippen MR) is 102 cm³/mol. The number of hydrogen-bond acceptors (Lipinski definition) is 1. The molecule has 122 valence electrons. The van der Waals surface area contributed by atoms with E-state index in [2.05, 4.69) is 68.0 Å². The molecule has 0 spiro atoms. The minimum atomic E-state index is 0. The number of hydrogen-bond donors (Lipinski definition) is 1. The van der Waals surface area contributed by atoms with Gasteiger partial charge < -0.3 is 14.8 Å². The Morgan fingerprint density at radius 3 is 2.67 bits per heavy atom. The van der Waals surface area contributed by atoms with Gasteiger partial charge in [-0.3, -0.25) is 4.99 Å². The fourth-order valence-corrected chi connectivity index (χ4v) is 2.13. The van der Waals surface area contributed by atoms with E-state index in [-0.39, 0.29) is 24.0 Å². The summed E-state index contributed by atoms with van der Waals surface area (Å²) in [5.41, 5.74) is 1.29. The molecule has 5 heteroatoms. The van der Waals surface area contributed by atoms with Crippen LogP contribution in [0.5, 0.6) is 0 Å². The molecular formula is C16H31IN4. The first-order valence-corrected chi connectivity index (χ1v) is 7.64. The maximum absolute atomic E-state index is 4.72. The summed E-state index contributed by atoms with van der Waals surface area (Å²) < 4.78 is 2.15. The molecule has 0 aliphatic heterocycles. The van der Waals surface area contributed by atoms with Crippen molar-refractivity contribution in [3.63, 3.8) is 0 Å². The number of guanidine groups is 1. The second kappa shape index (κ2) is 10.9. The molecule has 0 aromatic carbocycles. The van der Waals surface area contributed by atoms with Crippen LogP contribution in [-0.4, -0.2) is 35.6 Å². The Bertz CT molecular complexity index is 412. The summed E-state index contributed by atoms with van der Waals surface area (Å²) in [5.74, 6) is 1.76. The Morgan fingerprint density at radius 1 is 1.43 bits per heavy atom. The fraction of sp³-hybridized carbons (Fsp3) is 0.688. The zero-order chi connectivity index (χ0) is 15.0. The molecule has 21 heavy (non-hydrogen) atoms. The van der Waals surface area contributed by atoms with Crippen molar-refractivity contribution in [1.29, 1.82) is 0 Å². The topological polar surface area (TPSA) is 32.6 Å². The highest BCUT2D eigenvalue weighted by Crippen LogP contribution is 2.05. The van der Waals surface area contributed by atoms with Gasteiger partial charge in [-0.2, -0.15) is 0 Å². The van der Waals surface area contributed by atoms with Crippen LogP contribution >= 0.6 is 24.0 Å². The molecule has 0 unspecified atom stereocenters. The Labute approximate surface area is 147 Å². The van der Waals surface area contributed by atoms with Gasteiger partial charge in [-0.25, -0.2) is 0 Å². The normalized spacial score (nSPS) is 11.4. The standard InChI is InChI=1S/C16H30N4.HI/c1-6-17-16(18-11-7-9-14(2)3)20(5)13-15-10-8-12-19(15)4;/h8,10,12,14H,6-7,9,11,13H2,1-5H3,(H,17,18);1H. The summed E-state index contributed by atoms with van der Waals surface area (Å²) in [6.45, 7) is 9.31. The summed E-state index contributed by atoms with van der Waals surface area (Å²) in [5, 5.41) is 3.37. The van der Waals surface area contributed by atoms with Crippen LogP contribution in [-0.2, 0) is 13.6 Å². The maximum atomic E-state index is 4.72. The van der Waals surface area contributed by atoms with Gasteiger partial charge >= 0.3 is 0 Å². The number of aliphatic imine (C=N–C) groups is 1. The van der Waals surface area contributed by atoms with Crippen LogP contribution in [0.1, 0.15) is 39.3 Å². The first-order valence-electron chi connectivity index (χ1n) is 7.64. The number of rotatable bonds is 7. The Hall–Kier alpha value is -0.720. The zero-order valence-corrected chi connectivity index (χ0v) is 16.4. The third-order valence-corrected chi connectivity index (χ3v) is 3.35. The molecule has 0 saturated heterocycles. The maximum Gasteiger partial charge on any atom is 0.194 e. The zero-order valence-electron chi connectivity index (χ0n) is 14.1. The van der Waals surface area contributed by atoms with E-state index in [0.717, 1.165) is 37.9 Å². The van der Waals surface area contributed by atoms with Gasteiger partial charge in [-0.1, -0.05) is 13.8 Å². The van der Waals surface area contributed by atoms with E-state index in [4.69, 9.17) is 4.99 Å². The summed E-state index contributed by atoms with van der Waals surface area (Å²) in [7, 11) is 4.17. The van der Waals surface area contributed by atoms with Gasteiger partial charge in [0.2, 0.25) is 0 Å². The van der Waals surface area contributed by atoms with Crippen LogP contribution in [0, 0.1) is 5.92 Å². The average Bonchev–Trinajstić information content (AvgIpc) is 2.78. The van der Waals surface area contributed by atoms with Gasteiger partial charge in [-0.15, -0.1) is 24.0 Å². The van der Waals surface area contributed by atoms with E-state index in [9.17, 15) is 0 Å². The van der Waals surface area contributed by atoms with Crippen LogP contribution in [0.15, 0.2) is 23.3 Å². The van der Waals surface area contributed by atoms with E-state index >= 15 is 0 Å². The fourth-order valence-electron chi connectivity index (χ4n) is 2.13. The van der Waals surface area contributed by atoms with Crippen molar-refractivity contribution < 1.29 is 0 Å². The molecule has 4 nitrogen and oxygen atoms in total. The second-order valence-electron chi connectivity index (χ2n) is 5.74. The quantitative estimate of drug-likeness (QED) is 0.326. The smallest absolute Gasteiger partial charge is 0.194 e. The monoisotopic (exact) mass is 406 g/mol. The molecule has 0 aliphatic rings. The lowest BCUT2D eigenvalue weighted by molar-refractivity contribution is 0.460. The molecule has 1 N–H and O–H groups in total. The van der Waals surface area contributed by atoms with Crippen molar-refractivity contribution in [3.05, 3.63) is 24.0 Å². The summed E-state index contributed by atoms with van der Waals surface area (Å²) in [6.07, 6.45) is 4.48. The van der Waals surface area contributed by atoms with Gasteiger partial charge in [-0.05, 0) is 37.8 Å². The Morgan fingerprint density at radius 2 is 2.14 bits per heavy atom. The van der Waals surface area contributed by atoms with E-state index in [1.54, 1.807) is 0 Å². The van der Waals surface area contributed by atoms with E-state index < -0.39 is 0 Å². The first-order chi connectivity index (χ1) is 9.54. The molecule has 0 aliphatic carbocycles. The van der Waals surface area contributed by atoms with Crippen LogP contribution in [0.25, 0.3) is 0 Å². The molecule has 0 radical (unpaired) electrons. The van der Waals surface area contributed by atoms with Crippen molar-refractivity contribution in [3.8, 4) is 0 Å². The van der Waals surface area contributed by atoms with Crippen LogP contribution in [0.3, 0.4) is 0 Å². The number of nitrogens with one attached hydrogen (secondary N) is 1. The summed E-state index contributed by atoms with van der Waals surface area (Å²) >= 11 is 0. The average molecular weight is 406 g/mol. The van der Waals surface area contributed by atoms with E-state index in [1.165, 1.54) is 12.1 Å². The molecule has 1 rings (SSSR count). The predicted octanol–water partition coefficient (Wildman–Crippen LogP) is 3.48. The lowest BCUT2D eigenvalue weighted by Crippen LogP contribution is -2.38. The van der Waals surface area contributed by atoms with E-state index in [0.29, 0.717) is 0 Å². The molecular weight excluding hydrogens is 375 g/mol. The molecule has 0 fully saturated rings. The van der Waals surface area contributed by atoms with Gasteiger partial charge in [0.05, 0.1) is 6.54 Å². The highest BCUT2D eigenvalue weighted by molar-refractivity contribution is 14.0. The number of nitrogens with zero attached hydrogens (tertiary/aromatic N) is 3. The molecule has 0 saturated carbocycles. The van der Waals surface area contributed by atoms with Crippen LogP contribution in [0.4, 0.5) is 0 Å². The van der Waals surface area contributed by atoms with Crippen molar-refractivity contribution in [2.24, 2.45) is 18.0 Å². The summed E-state index contributed by atoms with van der Waals surface area (Å²) in [6, 6.07) is 4.23. The molecule has 0 amide bonds. The lowest BCUT2D eigenvalue weighted by Gasteiger charge is -2.22. The van der Waals surface area contributed by atoms with Crippen molar-refractivity contribution in [1.82, 2.24) is 14.8 Å². The molecule has 1 aromatic rings. The third kappa shape index (κ3) is 7.74. The minimum absolute atomic E-state index is 0. The summed E-state index contributed by atoms with van der Waals surface area (Å²) in [4.78, 5) is 6.91. The van der Waals surface area contributed by atoms with E-state index in [1.807, 2.05) is 0 Å². The highest BCUT2D eigenvalue weighted by Gasteiger charge is 2.07. The SMILES string of the molecule is CCNC(=NCCCC(C)C)N(C)Cc1cccn1C.I. The van der Waals surface area contributed by atoms with Gasteiger partial charge in [0, 0.05) is 39.1 Å². The number of halogens is 1. The van der Waals surface area contributed by atoms with Crippen LogP contribution < -0.4 is 5.32 Å². The molecule has 1 heterocycles.